The Balaban J connectivity index is 2.11. The standard InChI is InChI=1S/C14H17N3O3/c1-9-4-5-10(8-16(9)2)14(20)17(3)11-6-7-12(18)15-13(11)19/h4-5,8,11H,1,6-7H2,2-3H3,(H,15,18,19). The molecule has 1 unspecified atom stereocenters. The van der Waals surface area contributed by atoms with Crippen molar-refractivity contribution in [2.75, 3.05) is 14.1 Å². The van der Waals surface area contributed by atoms with Gasteiger partial charge in [0, 0.05) is 32.4 Å². The van der Waals surface area contributed by atoms with Crippen LogP contribution >= 0.6 is 0 Å². The van der Waals surface area contributed by atoms with Gasteiger partial charge in [-0.25, -0.2) is 0 Å². The van der Waals surface area contributed by atoms with E-state index in [1.54, 1.807) is 37.3 Å². The molecule has 2 aliphatic heterocycles. The van der Waals surface area contributed by atoms with Crippen molar-refractivity contribution < 1.29 is 14.4 Å². The van der Waals surface area contributed by atoms with E-state index in [9.17, 15) is 14.4 Å². The van der Waals surface area contributed by atoms with E-state index in [0.29, 0.717) is 12.0 Å². The number of piperidine rings is 1. The molecule has 6 nitrogen and oxygen atoms in total. The van der Waals surface area contributed by atoms with Gasteiger partial charge in [-0.05, 0) is 18.6 Å². The molecule has 0 aliphatic carbocycles. The smallest absolute Gasteiger partial charge is 0.255 e. The number of likely N-dealkylation sites (N-methyl/N-ethyl adjacent to an activating group) is 2. The number of allylic oxidation sites excluding steroid dienone is 1. The van der Waals surface area contributed by atoms with Crippen LogP contribution in [-0.4, -0.2) is 47.7 Å². The lowest BCUT2D eigenvalue weighted by atomic mass is 10.0. The fourth-order valence-electron chi connectivity index (χ4n) is 2.16. The average Bonchev–Trinajstić information content (AvgIpc) is 2.40. The van der Waals surface area contributed by atoms with E-state index < -0.39 is 11.9 Å². The second-order valence-electron chi connectivity index (χ2n) is 4.90. The van der Waals surface area contributed by atoms with Crippen LogP contribution in [0.15, 0.2) is 36.2 Å². The molecule has 0 aromatic heterocycles. The van der Waals surface area contributed by atoms with Gasteiger partial charge in [0.1, 0.15) is 6.04 Å². The van der Waals surface area contributed by atoms with Crippen molar-refractivity contribution in [3.8, 4) is 0 Å². The minimum atomic E-state index is -0.607. The van der Waals surface area contributed by atoms with Crippen molar-refractivity contribution in [3.05, 3.63) is 36.2 Å². The minimum Gasteiger partial charge on any atom is -0.351 e. The van der Waals surface area contributed by atoms with Crippen molar-refractivity contribution in [1.82, 2.24) is 15.1 Å². The van der Waals surface area contributed by atoms with Crippen molar-refractivity contribution in [2.45, 2.75) is 18.9 Å². The summed E-state index contributed by atoms with van der Waals surface area (Å²) in [5.41, 5.74) is 1.26. The topological polar surface area (TPSA) is 69.7 Å². The number of hydrogen-bond acceptors (Lipinski definition) is 4. The lowest BCUT2D eigenvalue weighted by molar-refractivity contribution is -0.142. The quantitative estimate of drug-likeness (QED) is 0.728. The van der Waals surface area contributed by atoms with E-state index >= 15 is 0 Å². The van der Waals surface area contributed by atoms with E-state index in [-0.39, 0.29) is 18.2 Å². The maximum Gasteiger partial charge on any atom is 0.255 e. The van der Waals surface area contributed by atoms with Crippen LogP contribution < -0.4 is 5.32 Å². The molecule has 1 atom stereocenters. The summed E-state index contributed by atoms with van der Waals surface area (Å²) in [4.78, 5) is 38.4. The molecule has 0 spiro atoms. The summed E-state index contributed by atoms with van der Waals surface area (Å²) in [6.45, 7) is 3.81. The molecular formula is C14H17N3O3. The Hall–Kier alpha value is -2.37. The molecule has 0 aromatic carbocycles. The molecule has 1 saturated heterocycles. The normalized spacial score (nSPS) is 22.5. The molecule has 20 heavy (non-hydrogen) atoms. The average molecular weight is 275 g/mol. The number of rotatable bonds is 2. The molecule has 0 radical (unpaired) electrons. The first-order chi connectivity index (χ1) is 9.40. The number of hydrogen-bond donors (Lipinski definition) is 1. The Morgan fingerprint density at radius 1 is 1.45 bits per heavy atom. The molecule has 2 heterocycles. The van der Waals surface area contributed by atoms with Crippen LogP contribution in [0.2, 0.25) is 0 Å². The zero-order valence-corrected chi connectivity index (χ0v) is 11.5. The van der Waals surface area contributed by atoms with Gasteiger partial charge in [-0.15, -0.1) is 0 Å². The maximum atomic E-state index is 12.4. The molecule has 1 fully saturated rings. The van der Waals surface area contributed by atoms with Crippen LogP contribution in [-0.2, 0) is 14.4 Å². The highest BCUT2D eigenvalue weighted by molar-refractivity contribution is 6.04. The number of nitrogens with one attached hydrogen (secondary N) is 1. The first kappa shape index (κ1) is 14.0. The summed E-state index contributed by atoms with van der Waals surface area (Å²) >= 11 is 0. The number of carbonyl (C=O) groups is 3. The van der Waals surface area contributed by atoms with Gasteiger partial charge in [0.15, 0.2) is 0 Å². The Labute approximate surface area is 117 Å². The zero-order chi connectivity index (χ0) is 14.9. The Morgan fingerprint density at radius 3 is 2.75 bits per heavy atom. The van der Waals surface area contributed by atoms with Crippen LogP contribution in [0.25, 0.3) is 0 Å². The van der Waals surface area contributed by atoms with Gasteiger partial charge in [0.2, 0.25) is 11.8 Å². The van der Waals surface area contributed by atoms with Crippen molar-refractivity contribution in [3.63, 3.8) is 0 Å². The second-order valence-corrected chi connectivity index (χ2v) is 4.90. The van der Waals surface area contributed by atoms with Gasteiger partial charge in [-0.1, -0.05) is 6.58 Å². The zero-order valence-electron chi connectivity index (χ0n) is 11.5. The molecule has 6 heteroatoms. The monoisotopic (exact) mass is 275 g/mol. The fourth-order valence-corrected chi connectivity index (χ4v) is 2.16. The molecule has 0 bridgehead atoms. The molecule has 0 aromatic rings. The van der Waals surface area contributed by atoms with Crippen LogP contribution in [0.5, 0.6) is 0 Å². The maximum absolute atomic E-state index is 12.4. The van der Waals surface area contributed by atoms with E-state index in [1.807, 2.05) is 0 Å². The molecule has 2 aliphatic rings. The molecule has 0 saturated carbocycles. The van der Waals surface area contributed by atoms with Gasteiger partial charge < -0.3 is 9.80 Å². The Bertz CT molecular complexity index is 548. The van der Waals surface area contributed by atoms with E-state index in [1.165, 1.54) is 4.90 Å². The third kappa shape index (κ3) is 2.64. The van der Waals surface area contributed by atoms with Gasteiger partial charge in [0.05, 0.1) is 5.57 Å². The summed E-state index contributed by atoms with van der Waals surface area (Å²) in [6.07, 6.45) is 5.69. The van der Waals surface area contributed by atoms with Gasteiger partial charge in [-0.2, -0.15) is 0 Å². The van der Waals surface area contributed by atoms with Crippen LogP contribution in [0, 0.1) is 0 Å². The highest BCUT2D eigenvalue weighted by atomic mass is 16.2. The predicted molar refractivity (Wildman–Crippen MR) is 73.1 cm³/mol. The number of amides is 3. The molecule has 1 N–H and O–H groups in total. The summed E-state index contributed by atoms with van der Waals surface area (Å²) in [5.74, 6) is -0.967. The fraction of sp³-hybridized carbons (Fsp3) is 0.357. The van der Waals surface area contributed by atoms with E-state index in [0.717, 1.165) is 5.70 Å². The van der Waals surface area contributed by atoms with Crippen molar-refractivity contribution in [2.24, 2.45) is 0 Å². The lowest BCUT2D eigenvalue weighted by Crippen LogP contribution is -2.53. The summed E-state index contributed by atoms with van der Waals surface area (Å²) in [7, 11) is 3.37. The summed E-state index contributed by atoms with van der Waals surface area (Å²) in [5, 5.41) is 2.25. The number of imide groups is 1. The highest BCUT2D eigenvalue weighted by Crippen LogP contribution is 2.18. The number of nitrogens with zero attached hydrogens (tertiary/aromatic N) is 2. The summed E-state index contributed by atoms with van der Waals surface area (Å²) < 4.78 is 0. The van der Waals surface area contributed by atoms with E-state index in [2.05, 4.69) is 11.9 Å². The summed E-state index contributed by atoms with van der Waals surface area (Å²) in [6, 6.07) is -0.607. The SMILES string of the molecule is C=C1C=CC(C(=O)N(C)C2CCC(=O)NC2=O)=CN1C. The van der Waals surface area contributed by atoms with Gasteiger partial charge in [-0.3, -0.25) is 19.7 Å². The second kappa shape index (κ2) is 5.32. The predicted octanol–water partition coefficient (Wildman–Crippen LogP) is 0.149. The third-order valence-electron chi connectivity index (χ3n) is 3.49. The molecule has 3 amide bonds. The lowest BCUT2D eigenvalue weighted by Gasteiger charge is -2.31. The van der Waals surface area contributed by atoms with Crippen molar-refractivity contribution >= 4 is 17.7 Å². The molecule has 2 rings (SSSR count). The first-order valence-corrected chi connectivity index (χ1v) is 6.32. The molecular weight excluding hydrogens is 258 g/mol. The largest absolute Gasteiger partial charge is 0.351 e. The Morgan fingerprint density at radius 2 is 2.15 bits per heavy atom. The number of carbonyl (C=O) groups excluding carboxylic acids is 3. The van der Waals surface area contributed by atoms with Crippen LogP contribution in [0.1, 0.15) is 12.8 Å². The van der Waals surface area contributed by atoms with Gasteiger partial charge >= 0.3 is 0 Å². The van der Waals surface area contributed by atoms with Crippen LogP contribution in [0.3, 0.4) is 0 Å². The first-order valence-electron chi connectivity index (χ1n) is 6.32. The minimum absolute atomic E-state index is 0.250. The molecule has 106 valence electrons. The van der Waals surface area contributed by atoms with Crippen LogP contribution in [0.4, 0.5) is 0 Å². The van der Waals surface area contributed by atoms with E-state index in [4.69, 9.17) is 0 Å². The van der Waals surface area contributed by atoms with Crippen molar-refractivity contribution in [1.29, 1.82) is 0 Å². The Kier molecular flexibility index (Phi) is 3.74. The highest BCUT2D eigenvalue weighted by Gasteiger charge is 2.33. The van der Waals surface area contributed by atoms with Gasteiger partial charge in [0.25, 0.3) is 5.91 Å². The third-order valence-corrected chi connectivity index (χ3v) is 3.49.